The monoisotopic (exact) mass is 422 g/mol. The molecule has 0 bridgehead atoms. The van der Waals surface area contributed by atoms with E-state index in [0.717, 1.165) is 12.8 Å². The van der Waals surface area contributed by atoms with Crippen LogP contribution in [-0.4, -0.2) is 23.1 Å². The lowest BCUT2D eigenvalue weighted by atomic mass is 10.2. The van der Waals surface area contributed by atoms with Gasteiger partial charge in [0, 0.05) is 23.5 Å². The van der Waals surface area contributed by atoms with Gasteiger partial charge in [0.2, 0.25) is 0 Å². The van der Waals surface area contributed by atoms with Crippen LogP contribution in [0.1, 0.15) is 46.0 Å². The number of hydrogen-bond acceptors (Lipinski definition) is 4. The fraction of sp³-hybridized carbons (Fsp3) is 0.208. The van der Waals surface area contributed by atoms with Crippen LogP contribution in [0, 0.1) is 5.82 Å². The quantitative estimate of drug-likeness (QED) is 0.435. The predicted octanol–water partition coefficient (Wildman–Crippen LogP) is 4.24. The van der Waals surface area contributed by atoms with Crippen molar-refractivity contribution in [3.05, 3.63) is 99.7 Å². The van der Waals surface area contributed by atoms with Crippen LogP contribution in [0.2, 0.25) is 0 Å². The van der Waals surface area contributed by atoms with Gasteiger partial charge in [-0.1, -0.05) is 31.5 Å². The molecule has 31 heavy (non-hydrogen) atoms. The number of unbranched alkanes of at least 4 members (excludes halogenated alkanes) is 1. The normalized spacial score (nSPS) is 10.5. The number of hydrogen-bond donors (Lipinski definition) is 1. The molecule has 160 valence electrons. The number of nitrogens with one attached hydrogen (secondary N) is 1. The minimum absolute atomic E-state index is 0.0153. The van der Waals surface area contributed by atoms with Crippen LogP contribution in [-0.2, 0) is 11.3 Å². The highest BCUT2D eigenvalue weighted by Crippen LogP contribution is 2.13. The molecule has 0 aliphatic heterocycles. The molecule has 0 unspecified atom stereocenters. The predicted molar refractivity (Wildman–Crippen MR) is 116 cm³/mol. The highest BCUT2D eigenvalue weighted by atomic mass is 19.1. The number of nitrogens with zero attached hydrogens (tertiary/aromatic N) is 1. The molecule has 1 heterocycles. The molecule has 0 spiro atoms. The lowest BCUT2D eigenvalue weighted by Crippen LogP contribution is -2.23. The Labute approximate surface area is 179 Å². The van der Waals surface area contributed by atoms with Gasteiger partial charge in [-0.15, -0.1) is 0 Å². The Balaban J connectivity index is 1.68. The number of halogens is 1. The number of rotatable bonds is 8. The van der Waals surface area contributed by atoms with Gasteiger partial charge in [-0.3, -0.25) is 9.59 Å². The van der Waals surface area contributed by atoms with E-state index in [0.29, 0.717) is 23.4 Å². The number of ether oxygens (including phenoxy) is 1. The molecule has 1 N–H and O–H groups in total. The second-order valence-electron chi connectivity index (χ2n) is 7.00. The molecule has 3 rings (SSSR count). The average molecular weight is 422 g/mol. The molecule has 0 aliphatic rings. The molecule has 2 aromatic carbocycles. The Morgan fingerprint density at radius 3 is 2.42 bits per heavy atom. The highest BCUT2D eigenvalue weighted by molar-refractivity contribution is 6.04. The highest BCUT2D eigenvalue weighted by Gasteiger charge is 2.11. The van der Waals surface area contributed by atoms with Gasteiger partial charge in [0.25, 0.3) is 11.5 Å². The van der Waals surface area contributed by atoms with Crippen molar-refractivity contribution in [2.45, 2.75) is 26.3 Å². The van der Waals surface area contributed by atoms with Crippen LogP contribution >= 0.6 is 0 Å². The molecule has 1 aromatic heterocycles. The third-order valence-electron chi connectivity index (χ3n) is 4.65. The van der Waals surface area contributed by atoms with E-state index in [1.54, 1.807) is 42.5 Å². The summed E-state index contributed by atoms with van der Waals surface area (Å²) in [5.74, 6) is -1.26. The van der Waals surface area contributed by atoms with Gasteiger partial charge < -0.3 is 14.6 Å². The summed E-state index contributed by atoms with van der Waals surface area (Å²) in [6.45, 7) is 2.40. The fourth-order valence-electron chi connectivity index (χ4n) is 2.88. The first-order chi connectivity index (χ1) is 15.0. The minimum Gasteiger partial charge on any atom is -0.462 e. The van der Waals surface area contributed by atoms with E-state index in [2.05, 4.69) is 5.32 Å². The largest absolute Gasteiger partial charge is 0.462 e. The Morgan fingerprint density at radius 2 is 1.71 bits per heavy atom. The number of benzene rings is 2. The molecule has 0 atom stereocenters. The Morgan fingerprint density at radius 1 is 1.00 bits per heavy atom. The van der Waals surface area contributed by atoms with Gasteiger partial charge in [0.1, 0.15) is 5.82 Å². The number of esters is 1. The van der Waals surface area contributed by atoms with E-state index in [-0.39, 0.29) is 17.7 Å². The number of amides is 1. The zero-order chi connectivity index (χ0) is 22.2. The van der Waals surface area contributed by atoms with E-state index in [1.807, 2.05) is 6.92 Å². The van der Waals surface area contributed by atoms with Crippen molar-refractivity contribution in [2.24, 2.45) is 0 Å². The Kier molecular flexibility index (Phi) is 7.32. The summed E-state index contributed by atoms with van der Waals surface area (Å²) < 4.78 is 20.3. The SMILES string of the molecule is CCCCOC(=O)c1ccc(NC(=O)c2ccc(=O)n(Cc3ccccc3F)c2)cc1. The van der Waals surface area contributed by atoms with Crippen LogP contribution in [0.3, 0.4) is 0 Å². The third kappa shape index (κ3) is 5.88. The number of carbonyl (C=O) groups excluding carboxylic acids is 2. The summed E-state index contributed by atoms with van der Waals surface area (Å²) in [6, 6.07) is 15.2. The maximum atomic E-state index is 13.9. The van der Waals surface area contributed by atoms with Crippen LogP contribution in [0.5, 0.6) is 0 Å². The molecule has 3 aromatic rings. The summed E-state index contributed by atoms with van der Waals surface area (Å²) in [4.78, 5) is 36.7. The molecule has 1 amide bonds. The Bertz CT molecular complexity index is 1120. The fourth-order valence-corrected chi connectivity index (χ4v) is 2.88. The van der Waals surface area contributed by atoms with Crippen LogP contribution in [0.4, 0.5) is 10.1 Å². The van der Waals surface area contributed by atoms with Crippen molar-refractivity contribution in [3.8, 4) is 0 Å². The lowest BCUT2D eigenvalue weighted by molar-refractivity contribution is 0.0499. The molecular weight excluding hydrogens is 399 g/mol. The first kappa shape index (κ1) is 22.0. The van der Waals surface area contributed by atoms with Gasteiger partial charge in [-0.05, 0) is 42.8 Å². The molecule has 0 fully saturated rings. The molecule has 0 radical (unpaired) electrons. The lowest BCUT2D eigenvalue weighted by Gasteiger charge is -2.10. The summed E-state index contributed by atoms with van der Waals surface area (Å²) >= 11 is 0. The standard InChI is InChI=1S/C24H23FN2O4/c1-2-3-14-31-24(30)17-8-11-20(12-9-17)26-23(29)19-10-13-22(28)27(16-19)15-18-6-4-5-7-21(18)25/h4-13,16H,2-3,14-15H2,1H3,(H,26,29). The number of aromatic nitrogens is 1. The summed E-state index contributed by atoms with van der Waals surface area (Å²) in [5.41, 5.74) is 1.14. The Hall–Kier alpha value is -3.74. The molecule has 6 nitrogen and oxygen atoms in total. The van der Waals surface area contributed by atoms with Crippen molar-refractivity contribution in [1.82, 2.24) is 4.57 Å². The molecular formula is C24H23FN2O4. The van der Waals surface area contributed by atoms with Gasteiger partial charge in [0.15, 0.2) is 0 Å². The summed E-state index contributed by atoms with van der Waals surface area (Å²) in [7, 11) is 0. The maximum Gasteiger partial charge on any atom is 0.338 e. The summed E-state index contributed by atoms with van der Waals surface area (Å²) in [6.07, 6.45) is 3.13. The molecule has 0 saturated carbocycles. The van der Waals surface area contributed by atoms with Crippen molar-refractivity contribution in [3.63, 3.8) is 0 Å². The van der Waals surface area contributed by atoms with E-state index < -0.39 is 17.7 Å². The van der Waals surface area contributed by atoms with Crippen LogP contribution < -0.4 is 10.9 Å². The summed E-state index contributed by atoms with van der Waals surface area (Å²) in [5, 5.41) is 2.72. The van der Waals surface area contributed by atoms with Crippen molar-refractivity contribution in [1.29, 1.82) is 0 Å². The third-order valence-corrected chi connectivity index (χ3v) is 4.65. The van der Waals surface area contributed by atoms with E-state index >= 15 is 0 Å². The number of anilines is 1. The minimum atomic E-state index is -0.430. The average Bonchev–Trinajstić information content (AvgIpc) is 2.77. The van der Waals surface area contributed by atoms with Crippen molar-refractivity contribution >= 4 is 17.6 Å². The smallest absolute Gasteiger partial charge is 0.338 e. The van der Waals surface area contributed by atoms with Gasteiger partial charge in [0.05, 0.1) is 24.3 Å². The molecule has 0 saturated heterocycles. The second kappa shape index (κ2) is 10.3. The second-order valence-corrected chi connectivity index (χ2v) is 7.00. The van der Waals surface area contributed by atoms with Gasteiger partial charge in [-0.2, -0.15) is 0 Å². The first-order valence-electron chi connectivity index (χ1n) is 10.0. The first-order valence-corrected chi connectivity index (χ1v) is 10.0. The maximum absolute atomic E-state index is 13.9. The molecule has 0 aliphatic carbocycles. The van der Waals surface area contributed by atoms with Gasteiger partial charge in [-0.25, -0.2) is 9.18 Å². The zero-order valence-electron chi connectivity index (χ0n) is 17.1. The topological polar surface area (TPSA) is 77.4 Å². The van der Waals surface area contributed by atoms with E-state index in [4.69, 9.17) is 4.74 Å². The van der Waals surface area contributed by atoms with Crippen molar-refractivity contribution in [2.75, 3.05) is 11.9 Å². The van der Waals surface area contributed by atoms with E-state index in [1.165, 1.54) is 29.0 Å². The number of carbonyl (C=O) groups is 2. The van der Waals surface area contributed by atoms with Gasteiger partial charge >= 0.3 is 5.97 Å². The zero-order valence-corrected chi connectivity index (χ0v) is 17.1. The van der Waals surface area contributed by atoms with Crippen LogP contribution in [0.15, 0.2) is 71.7 Å². The van der Waals surface area contributed by atoms with Crippen LogP contribution in [0.25, 0.3) is 0 Å². The number of pyridine rings is 1. The molecule has 7 heteroatoms. The van der Waals surface area contributed by atoms with Crippen molar-refractivity contribution < 1.29 is 18.7 Å². The van der Waals surface area contributed by atoms with E-state index in [9.17, 15) is 18.8 Å².